The van der Waals surface area contributed by atoms with E-state index in [1.165, 1.54) is 24.5 Å². The van der Waals surface area contributed by atoms with E-state index in [-0.39, 0.29) is 23.1 Å². The van der Waals surface area contributed by atoms with E-state index < -0.39 is 17.5 Å². The van der Waals surface area contributed by atoms with E-state index in [9.17, 15) is 18.0 Å². The van der Waals surface area contributed by atoms with Crippen molar-refractivity contribution in [3.63, 3.8) is 0 Å². The Morgan fingerprint density at radius 1 is 1.11 bits per heavy atom. The van der Waals surface area contributed by atoms with E-state index in [1.807, 2.05) is 0 Å². The normalized spacial score (nSPS) is 13.8. The number of halogens is 3. The standard InChI is InChI=1S/C19H19F3N4O/c20-13-6-7-14(18(22)17(13)21)26-16-10-15(24-11-25-16)19(27)23-9-8-12-4-2-1-3-5-12/h4,6-7,10-11H,1-3,5,8-9H2,(H,23,27)(H,24,25,26). The zero-order valence-corrected chi connectivity index (χ0v) is 14.6. The molecule has 1 aliphatic carbocycles. The van der Waals surface area contributed by atoms with Gasteiger partial charge >= 0.3 is 0 Å². The highest BCUT2D eigenvalue weighted by molar-refractivity contribution is 5.92. The van der Waals surface area contributed by atoms with Crippen molar-refractivity contribution in [3.05, 3.63) is 59.3 Å². The molecule has 27 heavy (non-hydrogen) atoms. The van der Waals surface area contributed by atoms with Crippen LogP contribution in [0.3, 0.4) is 0 Å². The van der Waals surface area contributed by atoms with Crippen molar-refractivity contribution in [1.82, 2.24) is 15.3 Å². The molecule has 0 aliphatic heterocycles. The first-order valence-electron chi connectivity index (χ1n) is 8.73. The summed E-state index contributed by atoms with van der Waals surface area (Å²) in [4.78, 5) is 20.0. The zero-order chi connectivity index (χ0) is 19.2. The number of hydrogen-bond acceptors (Lipinski definition) is 4. The summed E-state index contributed by atoms with van der Waals surface area (Å²) >= 11 is 0. The molecule has 0 fully saturated rings. The Balaban J connectivity index is 1.62. The molecule has 142 valence electrons. The van der Waals surface area contributed by atoms with E-state index in [0.29, 0.717) is 6.54 Å². The minimum atomic E-state index is -1.58. The van der Waals surface area contributed by atoms with Crippen LogP contribution in [0.1, 0.15) is 42.6 Å². The van der Waals surface area contributed by atoms with Crippen molar-refractivity contribution in [2.75, 3.05) is 11.9 Å². The highest BCUT2D eigenvalue weighted by Crippen LogP contribution is 2.23. The van der Waals surface area contributed by atoms with Crippen LogP contribution >= 0.6 is 0 Å². The number of amides is 1. The monoisotopic (exact) mass is 376 g/mol. The highest BCUT2D eigenvalue weighted by atomic mass is 19.2. The predicted molar refractivity (Wildman–Crippen MR) is 95.1 cm³/mol. The third kappa shape index (κ3) is 4.84. The quantitative estimate of drug-likeness (QED) is 0.584. The second-order valence-corrected chi connectivity index (χ2v) is 6.25. The fourth-order valence-corrected chi connectivity index (χ4v) is 2.87. The molecule has 3 rings (SSSR count). The molecule has 0 saturated carbocycles. The lowest BCUT2D eigenvalue weighted by molar-refractivity contribution is 0.0949. The second-order valence-electron chi connectivity index (χ2n) is 6.25. The molecule has 2 aromatic rings. The topological polar surface area (TPSA) is 66.9 Å². The smallest absolute Gasteiger partial charge is 0.270 e. The molecule has 5 nitrogen and oxygen atoms in total. The van der Waals surface area contributed by atoms with Gasteiger partial charge in [0, 0.05) is 12.6 Å². The first-order chi connectivity index (χ1) is 13.0. The first-order valence-corrected chi connectivity index (χ1v) is 8.73. The predicted octanol–water partition coefficient (Wildman–Crippen LogP) is 4.26. The lowest BCUT2D eigenvalue weighted by Crippen LogP contribution is -2.26. The molecule has 0 spiro atoms. The van der Waals surface area contributed by atoms with Gasteiger partial charge in [-0.2, -0.15) is 0 Å². The van der Waals surface area contributed by atoms with Crippen LogP contribution in [0.4, 0.5) is 24.7 Å². The van der Waals surface area contributed by atoms with Crippen molar-refractivity contribution in [2.45, 2.75) is 32.1 Å². The number of rotatable bonds is 6. The number of aromatic nitrogens is 2. The summed E-state index contributed by atoms with van der Waals surface area (Å²) in [6, 6.07) is 3.17. The summed E-state index contributed by atoms with van der Waals surface area (Å²) in [6.07, 6.45) is 8.70. The molecule has 1 amide bonds. The van der Waals surface area contributed by atoms with E-state index in [4.69, 9.17) is 0 Å². The van der Waals surface area contributed by atoms with Gasteiger partial charge in [0.1, 0.15) is 17.8 Å². The Hall–Kier alpha value is -2.90. The molecule has 1 aliphatic rings. The lowest BCUT2D eigenvalue weighted by Gasteiger charge is -2.13. The fourth-order valence-electron chi connectivity index (χ4n) is 2.87. The molecule has 0 atom stereocenters. The summed E-state index contributed by atoms with van der Waals surface area (Å²) < 4.78 is 40.0. The summed E-state index contributed by atoms with van der Waals surface area (Å²) in [5.41, 5.74) is 1.15. The van der Waals surface area contributed by atoms with Crippen LogP contribution in [0.15, 0.2) is 36.2 Å². The van der Waals surface area contributed by atoms with E-state index in [2.05, 4.69) is 26.7 Å². The molecule has 0 radical (unpaired) electrons. The van der Waals surface area contributed by atoms with Crippen LogP contribution in [-0.2, 0) is 0 Å². The minimum absolute atomic E-state index is 0.0908. The maximum atomic E-state index is 13.7. The molecule has 1 aromatic carbocycles. The number of benzene rings is 1. The molecule has 1 heterocycles. The summed E-state index contributed by atoms with van der Waals surface area (Å²) in [5.74, 6) is -4.52. The van der Waals surface area contributed by atoms with Crippen molar-refractivity contribution in [2.24, 2.45) is 0 Å². The zero-order valence-electron chi connectivity index (χ0n) is 14.6. The van der Waals surface area contributed by atoms with Gasteiger partial charge in [0.2, 0.25) is 0 Å². The number of carbonyl (C=O) groups is 1. The SMILES string of the molecule is O=C(NCCC1=CCCCC1)c1cc(Nc2ccc(F)c(F)c2F)ncn1. The summed E-state index contributed by atoms with van der Waals surface area (Å²) in [7, 11) is 0. The van der Waals surface area contributed by atoms with Crippen molar-refractivity contribution < 1.29 is 18.0 Å². The lowest BCUT2D eigenvalue weighted by atomic mass is 9.97. The van der Waals surface area contributed by atoms with Crippen LogP contribution in [0.5, 0.6) is 0 Å². The Morgan fingerprint density at radius 2 is 1.96 bits per heavy atom. The average molecular weight is 376 g/mol. The maximum absolute atomic E-state index is 13.7. The van der Waals surface area contributed by atoms with E-state index >= 15 is 0 Å². The Bertz CT molecular complexity index is 870. The minimum Gasteiger partial charge on any atom is -0.350 e. The van der Waals surface area contributed by atoms with Crippen LogP contribution < -0.4 is 10.6 Å². The van der Waals surface area contributed by atoms with Gasteiger partial charge in [-0.1, -0.05) is 11.6 Å². The van der Waals surface area contributed by atoms with Gasteiger partial charge in [-0.15, -0.1) is 0 Å². The first kappa shape index (κ1) is 18.9. The molecular weight excluding hydrogens is 357 g/mol. The fraction of sp³-hybridized carbons (Fsp3) is 0.316. The molecule has 8 heteroatoms. The number of hydrogen-bond donors (Lipinski definition) is 2. The molecule has 2 N–H and O–H groups in total. The largest absolute Gasteiger partial charge is 0.350 e. The Labute approximate surface area is 154 Å². The van der Waals surface area contributed by atoms with Gasteiger partial charge < -0.3 is 10.6 Å². The number of nitrogens with zero attached hydrogens (tertiary/aromatic N) is 2. The molecule has 0 unspecified atom stereocenters. The van der Waals surface area contributed by atoms with Crippen molar-refractivity contribution >= 4 is 17.4 Å². The van der Waals surface area contributed by atoms with Gasteiger partial charge in [-0.3, -0.25) is 4.79 Å². The third-order valence-corrected chi connectivity index (χ3v) is 4.31. The van der Waals surface area contributed by atoms with Crippen LogP contribution in [-0.4, -0.2) is 22.4 Å². The van der Waals surface area contributed by atoms with Gasteiger partial charge in [0.05, 0.1) is 5.69 Å². The summed E-state index contributed by atoms with van der Waals surface area (Å²) in [6.45, 7) is 0.495. The van der Waals surface area contributed by atoms with Crippen molar-refractivity contribution in [3.8, 4) is 0 Å². The number of carbonyl (C=O) groups excluding carboxylic acids is 1. The molecule has 1 aromatic heterocycles. The molecule has 0 saturated heterocycles. The van der Waals surface area contributed by atoms with Gasteiger partial charge in [0.15, 0.2) is 17.5 Å². The number of nitrogens with one attached hydrogen (secondary N) is 2. The van der Waals surface area contributed by atoms with Crippen molar-refractivity contribution in [1.29, 1.82) is 0 Å². The second kappa shape index (κ2) is 8.66. The van der Waals surface area contributed by atoms with Gasteiger partial charge in [-0.05, 0) is 44.2 Å². The highest BCUT2D eigenvalue weighted by Gasteiger charge is 2.15. The maximum Gasteiger partial charge on any atom is 0.270 e. The van der Waals surface area contributed by atoms with Gasteiger partial charge in [0.25, 0.3) is 5.91 Å². The number of allylic oxidation sites excluding steroid dienone is 1. The average Bonchev–Trinajstić information content (AvgIpc) is 2.69. The van der Waals surface area contributed by atoms with Crippen LogP contribution in [0.25, 0.3) is 0 Å². The Morgan fingerprint density at radius 3 is 2.74 bits per heavy atom. The van der Waals surface area contributed by atoms with E-state index in [1.54, 1.807) is 0 Å². The summed E-state index contributed by atoms with van der Waals surface area (Å²) in [5, 5.41) is 5.31. The third-order valence-electron chi connectivity index (χ3n) is 4.31. The van der Waals surface area contributed by atoms with Crippen LogP contribution in [0, 0.1) is 17.5 Å². The number of anilines is 2. The van der Waals surface area contributed by atoms with Gasteiger partial charge in [-0.25, -0.2) is 23.1 Å². The Kier molecular flexibility index (Phi) is 6.05. The van der Waals surface area contributed by atoms with Crippen LogP contribution in [0.2, 0.25) is 0 Å². The molecule has 0 bridgehead atoms. The molecular formula is C19H19F3N4O. The van der Waals surface area contributed by atoms with E-state index in [0.717, 1.165) is 37.7 Å².